The fourth-order valence-corrected chi connectivity index (χ4v) is 8.07. The molecule has 4 amide bonds. The van der Waals surface area contributed by atoms with Crippen molar-refractivity contribution in [2.24, 2.45) is 23.2 Å². The Kier molecular flexibility index (Phi) is 13.2. The first-order chi connectivity index (χ1) is 24.3. The number of hydrogen-bond donors (Lipinski definition) is 3. The number of piperidine rings is 1. The summed E-state index contributed by atoms with van der Waals surface area (Å²) in [5.41, 5.74) is -0.812. The summed E-state index contributed by atoms with van der Waals surface area (Å²) in [6.45, 7) is 14.7. The van der Waals surface area contributed by atoms with Gasteiger partial charge in [0.25, 0.3) is 5.91 Å². The zero-order chi connectivity index (χ0) is 38.4. The van der Waals surface area contributed by atoms with Crippen LogP contribution in [0, 0.1) is 23.2 Å². The van der Waals surface area contributed by atoms with Gasteiger partial charge >= 0.3 is 12.1 Å². The molecule has 52 heavy (non-hydrogen) atoms. The number of alkyl carbamates (subject to hydrolysis) is 1. The zero-order valence-electron chi connectivity index (χ0n) is 32.3. The van der Waals surface area contributed by atoms with E-state index in [2.05, 4.69) is 29.8 Å². The van der Waals surface area contributed by atoms with E-state index in [9.17, 15) is 28.8 Å². The third kappa shape index (κ3) is 10.6. The Morgan fingerprint density at radius 2 is 1.58 bits per heavy atom. The molecule has 1 heterocycles. The van der Waals surface area contributed by atoms with Crippen molar-refractivity contribution in [1.29, 1.82) is 0 Å². The maximum Gasteiger partial charge on any atom is 0.408 e. The average molecular weight is 725 g/mol. The van der Waals surface area contributed by atoms with Crippen LogP contribution in [0.2, 0.25) is 0 Å². The number of amides is 4. The molecule has 1 saturated heterocycles. The molecule has 12 nitrogen and oxygen atoms in total. The van der Waals surface area contributed by atoms with E-state index in [1.165, 1.54) is 0 Å². The number of ketones is 1. The molecule has 12 heteroatoms. The molecule has 288 valence electrons. The molecule has 2 saturated carbocycles. The van der Waals surface area contributed by atoms with Gasteiger partial charge in [0, 0.05) is 13.0 Å². The van der Waals surface area contributed by atoms with Crippen LogP contribution in [-0.4, -0.2) is 82.9 Å². The highest BCUT2D eigenvalue weighted by Crippen LogP contribution is 2.65. The SMILES string of the molecule is CCCC[C@@H](NC(=O)[C@@H]1[C@@H]2C(CN1C(=O)[C@@H](NC(=O)OC(C)(C)C)C1CCCCC1)C2(C)C)C(=O)C(=O)NCC(=O)OC(C)(C)Cc1ccccc1. The van der Waals surface area contributed by atoms with Gasteiger partial charge in [-0.25, -0.2) is 4.79 Å². The molecule has 1 unspecified atom stereocenters. The fraction of sp³-hybridized carbons (Fsp3) is 0.700. The number of hydrogen-bond acceptors (Lipinski definition) is 8. The molecule has 2 aliphatic carbocycles. The molecule has 1 aromatic rings. The molecule has 3 aliphatic rings. The number of unbranched alkanes of at least 4 members (excludes halogenated alkanes) is 1. The summed E-state index contributed by atoms with van der Waals surface area (Å²) in [7, 11) is 0. The molecule has 1 aliphatic heterocycles. The van der Waals surface area contributed by atoms with Crippen molar-refractivity contribution in [3.8, 4) is 0 Å². The van der Waals surface area contributed by atoms with Crippen LogP contribution >= 0.6 is 0 Å². The summed E-state index contributed by atoms with van der Waals surface area (Å²) in [4.78, 5) is 82.4. The van der Waals surface area contributed by atoms with E-state index in [-0.39, 0.29) is 35.5 Å². The summed E-state index contributed by atoms with van der Waals surface area (Å²) in [5, 5.41) is 8.06. The van der Waals surface area contributed by atoms with Crippen LogP contribution in [0.25, 0.3) is 0 Å². The van der Waals surface area contributed by atoms with E-state index >= 15 is 0 Å². The van der Waals surface area contributed by atoms with Crippen LogP contribution in [0.3, 0.4) is 0 Å². The predicted molar refractivity (Wildman–Crippen MR) is 196 cm³/mol. The Morgan fingerprint density at radius 1 is 0.923 bits per heavy atom. The van der Waals surface area contributed by atoms with Gasteiger partial charge in [0.2, 0.25) is 17.6 Å². The van der Waals surface area contributed by atoms with Crippen LogP contribution in [-0.2, 0) is 39.9 Å². The molecular weight excluding hydrogens is 664 g/mol. The topological polar surface area (TPSA) is 160 Å². The number of esters is 1. The number of benzene rings is 1. The third-order valence-electron chi connectivity index (χ3n) is 10.8. The van der Waals surface area contributed by atoms with Crippen LogP contribution in [0.1, 0.15) is 112 Å². The number of nitrogens with zero attached hydrogens (tertiary/aromatic N) is 1. The molecule has 0 aromatic heterocycles. The van der Waals surface area contributed by atoms with Gasteiger partial charge < -0.3 is 30.3 Å². The van der Waals surface area contributed by atoms with Crippen LogP contribution in [0.15, 0.2) is 30.3 Å². The van der Waals surface area contributed by atoms with Crippen molar-refractivity contribution in [2.45, 2.75) is 143 Å². The number of rotatable bonds is 15. The van der Waals surface area contributed by atoms with Crippen molar-refractivity contribution in [2.75, 3.05) is 13.1 Å². The van der Waals surface area contributed by atoms with Gasteiger partial charge in [0.15, 0.2) is 0 Å². The van der Waals surface area contributed by atoms with Crippen LogP contribution < -0.4 is 16.0 Å². The van der Waals surface area contributed by atoms with E-state index in [1.807, 2.05) is 37.3 Å². The van der Waals surface area contributed by atoms with Crippen molar-refractivity contribution in [3.05, 3.63) is 35.9 Å². The first-order valence-corrected chi connectivity index (χ1v) is 19.0. The Labute approximate surface area is 308 Å². The number of likely N-dealkylation sites (tertiary alicyclic amines) is 1. The second-order valence-electron chi connectivity index (χ2n) is 17.1. The molecule has 0 bridgehead atoms. The number of carbonyl (C=O) groups excluding carboxylic acids is 6. The number of fused-ring (bicyclic) bond motifs is 1. The third-order valence-corrected chi connectivity index (χ3v) is 10.8. The van der Waals surface area contributed by atoms with Crippen molar-refractivity contribution in [1.82, 2.24) is 20.9 Å². The first-order valence-electron chi connectivity index (χ1n) is 19.0. The Hall–Kier alpha value is -3.96. The lowest BCUT2D eigenvalue weighted by Crippen LogP contribution is -2.60. The van der Waals surface area contributed by atoms with E-state index in [4.69, 9.17) is 9.47 Å². The minimum absolute atomic E-state index is 0.0750. The molecule has 3 fully saturated rings. The van der Waals surface area contributed by atoms with Crippen LogP contribution in [0.4, 0.5) is 4.79 Å². The number of nitrogens with one attached hydrogen (secondary N) is 3. The molecule has 5 atom stereocenters. The van der Waals surface area contributed by atoms with Gasteiger partial charge in [-0.15, -0.1) is 0 Å². The van der Waals surface area contributed by atoms with Gasteiger partial charge in [0.1, 0.15) is 29.8 Å². The van der Waals surface area contributed by atoms with Gasteiger partial charge in [-0.3, -0.25) is 24.0 Å². The van der Waals surface area contributed by atoms with E-state index in [0.717, 1.165) is 44.1 Å². The quantitative estimate of drug-likeness (QED) is 0.171. The Bertz CT molecular complexity index is 1460. The molecule has 4 rings (SSSR count). The summed E-state index contributed by atoms with van der Waals surface area (Å²) >= 11 is 0. The second kappa shape index (κ2) is 16.8. The summed E-state index contributed by atoms with van der Waals surface area (Å²) in [5.74, 6) is -3.55. The summed E-state index contributed by atoms with van der Waals surface area (Å²) in [6, 6.07) is 6.69. The van der Waals surface area contributed by atoms with E-state index < -0.39 is 65.5 Å². The van der Waals surface area contributed by atoms with Gasteiger partial charge in [0.05, 0.1) is 6.04 Å². The predicted octanol–water partition coefficient (Wildman–Crippen LogP) is 4.87. The first kappa shape index (κ1) is 40.8. The Balaban J connectivity index is 1.45. The fourth-order valence-electron chi connectivity index (χ4n) is 8.07. The van der Waals surface area contributed by atoms with Crippen molar-refractivity contribution < 1.29 is 38.2 Å². The monoisotopic (exact) mass is 724 g/mol. The number of Topliss-reactive ketones (excluding diaryl/α,β-unsaturated/α-hetero) is 1. The largest absolute Gasteiger partial charge is 0.458 e. The standard InChI is InChI=1S/C40H60N4O8/c1-9-10-21-28(33(46)35(48)41-23-29(45)51-39(5,6)22-25-17-13-11-14-18-25)42-34(47)32-30-27(40(30,7)8)24-44(32)36(49)31(26-19-15-12-16-20-26)43-37(50)52-38(2,3)4/h11,13-14,17-18,26-28,30-32H,9-10,12,15-16,19-24H2,1-8H3,(H,41,48)(H,42,47)(H,43,50)/t27?,28-,30+,31+,32+/m1/s1. The number of ether oxygens (including phenoxy) is 2. The Morgan fingerprint density at radius 3 is 2.19 bits per heavy atom. The van der Waals surface area contributed by atoms with E-state index in [0.29, 0.717) is 19.4 Å². The number of carbonyl (C=O) groups is 6. The summed E-state index contributed by atoms with van der Waals surface area (Å²) < 4.78 is 11.1. The highest BCUT2D eigenvalue weighted by Gasteiger charge is 2.69. The average Bonchev–Trinajstić information content (AvgIpc) is 3.37. The maximum atomic E-state index is 14.4. The maximum absolute atomic E-state index is 14.4. The van der Waals surface area contributed by atoms with Gasteiger partial charge in [-0.2, -0.15) is 0 Å². The van der Waals surface area contributed by atoms with Gasteiger partial charge in [-0.1, -0.05) is 83.2 Å². The lowest BCUT2D eigenvalue weighted by Gasteiger charge is -2.37. The molecular formula is C40H60N4O8. The lowest BCUT2D eigenvalue weighted by molar-refractivity contribution is -0.156. The summed E-state index contributed by atoms with van der Waals surface area (Å²) in [6.07, 6.45) is 5.78. The van der Waals surface area contributed by atoms with Crippen molar-refractivity contribution in [3.63, 3.8) is 0 Å². The lowest BCUT2D eigenvalue weighted by atomic mass is 9.83. The van der Waals surface area contributed by atoms with Crippen LogP contribution in [0.5, 0.6) is 0 Å². The van der Waals surface area contributed by atoms with Crippen molar-refractivity contribution >= 4 is 35.6 Å². The zero-order valence-corrected chi connectivity index (χ0v) is 32.3. The normalized spacial score (nSPS) is 22.3. The minimum atomic E-state index is -1.15. The smallest absolute Gasteiger partial charge is 0.408 e. The molecule has 1 aromatic carbocycles. The van der Waals surface area contributed by atoms with E-state index in [1.54, 1.807) is 39.5 Å². The highest BCUT2D eigenvalue weighted by molar-refractivity contribution is 6.38. The highest BCUT2D eigenvalue weighted by atomic mass is 16.6. The molecule has 0 spiro atoms. The second-order valence-corrected chi connectivity index (χ2v) is 17.1. The molecule has 3 N–H and O–H groups in total. The minimum Gasteiger partial charge on any atom is -0.458 e. The van der Waals surface area contributed by atoms with Gasteiger partial charge in [-0.05, 0) is 82.6 Å². The molecule has 0 radical (unpaired) electrons.